The van der Waals surface area contributed by atoms with Crippen molar-refractivity contribution in [3.63, 3.8) is 0 Å². The third-order valence-electron chi connectivity index (χ3n) is 4.79. The molecule has 29 heavy (non-hydrogen) atoms. The van der Waals surface area contributed by atoms with E-state index in [9.17, 15) is 9.59 Å². The second-order valence-corrected chi connectivity index (χ2v) is 7.08. The normalized spacial score (nSPS) is 11.9. The zero-order chi connectivity index (χ0) is 20.6. The highest BCUT2D eigenvalue weighted by Crippen LogP contribution is 2.24. The van der Waals surface area contributed by atoms with Crippen molar-refractivity contribution in [2.45, 2.75) is 45.7 Å². The van der Waals surface area contributed by atoms with Gasteiger partial charge >= 0.3 is 0 Å². The summed E-state index contributed by atoms with van der Waals surface area (Å²) in [6.07, 6.45) is 2.50. The summed E-state index contributed by atoms with van der Waals surface area (Å²) in [5.74, 6) is 0.517. The zero-order valence-corrected chi connectivity index (χ0v) is 17.0. The summed E-state index contributed by atoms with van der Waals surface area (Å²) in [7, 11) is 0. The number of aromatic nitrogens is 2. The van der Waals surface area contributed by atoms with Crippen molar-refractivity contribution in [1.82, 2.24) is 20.2 Å². The highest BCUT2D eigenvalue weighted by molar-refractivity contribution is 5.94. The minimum atomic E-state index is -0.279. The molecule has 3 rings (SSSR count). The van der Waals surface area contributed by atoms with Gasteiger partial charge in [-0.05, 0) is 37.1 Å². The first-order valence-electron chi connectivity index (χ1n) is 10.2. The molecule has 0 fully saturated rings. The summed E-state index contributed by atoms with van der Waals surface area (Å²) in [4.78, 5) is 30.0. The monoisotopic (exact) mass is 392 g/mol. The molecule has 1 heterocycles. The molecular weight excluding hydrogens is 364 g/mol. The summed E-state index contributed by atoms with van der Waals surface area (Å²) < 4.78 is 1.92. The minimum Gasteiger partial charge on any atom is -0.355 e. The molecule has 0 spiro atoms. The Hall–Kier alpha value is -3.15. The number of nitrogens with one attached hydrogen (secondary N) is 2. The molecule has 0 unspecified atom stereocenters. The lowest BCUT2D eigenvalue weighted by Crippen LogP contribution is -2.33. The lowest BCUT2D eigenvalue weighted by Gasteiger charge is -2.20. The molecule has 3 aromatic rings. The fourth-order valence-corrected chi connectivity index (χ4v) is 3.38. The Balaban J connectivity index is 1.94. The van der Waals surface area contributed by atoms with Crippen LogP contribution in [0.4, 0.5) is 0 Å². The van der Waals surface area contributed by atoms with Gasteiger partial charge in [0.05, 0.1) is 17.1 Å². The van der Waals surface area contributed by atoms with Crippen LogP contribution in [0.2, 0.25) is 0 Å². The van der Waals surface area contributed by atoms with Gasteiger partial charge in [-0.3, -0.25) is 9.59 Å². The number of hydrogen-bond acceptors (Lipinski definition) is 3. The molecule has 2 N–H and O–H groups in total. The molecule has 6 nitrogen and oxygen atoms in total. The van der Waals surface area contributed by atoms with E-state index in [0.717, 1.165) is 30.3 Å². The van der Waals surface area contributed by atoms with Gasteiger partial charge in [-0.2, -0.15) is 0 Å². The highest BCUT2D eigenvalue weighted by Gasteiger charge is 2.23. The van der Waals surface area contributed by atoms with Gasteiger partial charge in [-0.25, -0.2) is 4.98 Å². The van der Waals surface area contributed by atoms with Gasteiger partial charge in [-0.1, -0.05) is 50.6 Å². The molecule has 0 saturated carbocycles. The van der Waals surface area contributed by atoms with Crippen molar-refractivity contribution in [2.24, 2.45) is 0 Å². The van der Waals surface area contributed by atoms with E-state index in [-0.39, 0.29) is 24.4 Å². The van der Waals surface area contributed by atoms with Gasteiger partial charge in [0.2, 0.25) is 5.91 Å². The predicted molar refractivity (Wildman–Crippen MR) is 115 cm³/mol. The van der Waals surface area contributed by atoms with Crippen molar-refractivity contribution < 1.29 is 9.59 Å². The molecule has 1 atom stereocenters. The summed E-state index contributed by atoms with van der Waals surface area (Å²) in [5, 5.41) is 6.04. The van der Waals surface area contributed by atoms with E-state index in [1.54, 1.807) is 12.1 Å². The van der Waals surface area contributed by atoms with E-state index in [1.165, 1.54) is 0 Å². The molecule has 6 heteroatoms. The fraction of sp³-hybridized carbons (Fsp3) is 0.348. The van der Waals surface area contributed by atoms with Crippen molar-refractivity contribution in [2.75, 3.05) is 6.54 Å². The predicted octanol–water partition coefficient (Wildman–Crippen LogP) is 3.83. The van der Waals surface area contributed by atoms with Gasteiger partial charge < -0.3 is 15.2 Å². The Bertz CT molecular complexity index is 965. The first kappa shape index (κ1) is 20.6. The number of fused-ring (bicyclic) bond motifs is 1. The van der Waals surface area contributed by atoms with Gasteiger partial charge in [0.25, 0.3) is 5.91 Å². The van der Waals surface area contributed by atoms with Crippen LogP contribution in [0.1, 0.15) is 55.3 Å². The van der Waals surface area contributed by atoms with Gasteiger partial charge in [0.1, 0.15) is 12.4 Å². The topological polar surface area (TPSA) is 76.0 Å². The van der Waals surface area contributed by atoms with Crippen LogP contribution in [0.5, 0.6) is 0 Å². The van der Waals surface area contributed by atoms with Crippen LogP contribution >= 0.6 is 0 Å². The van der Waals surface area contributed by atoms with Crippen LogP contribution in [0.15, 0.2) is 54.6 Å². The molecular formula is C23H28N4O2. The summed E-state index contributed by atoms with van der Waals surface area (Å²) in [6, 6.07) is 16.6. The Kier molecular flexibility index (Phi) is 7.00. The number of carbonyl (C=O) groups excluding carboxylic acids is 2. The van der Waals surface area contributed by atoms with Crippen molar-refractivity contribution in [3.8, 4) is 0 Å². The van der Waals surface area contributed by atoms with Crippen LogP contribution in [0, 0.1) is 0 Å². The van der Waals surface area contributed by atoms with Gasteiger partial charge in [0, 0.05) is 12.1 Å². The molecule has 2 amide bonds. The van der Waals surface area contributed by atoms with Crippen LogP contribution in [0.25, 0.3) is 11.0 Å². The second-order valence-electron chi connectivity index (χ2n) is 7.08. The number of para-hydroxylation sites is 2. The standard InChI is InChI=1S/C23H28N4O2/c1-3-10-19(26-23(29)17-11-6-5-7-12-17)22-25-18-13-8-9-14-20(18)27(22)16-21(28)24-15-4-2/h5-9,11-14,19H,3-4,10,15-16H2,1-2H3,(H,24,28)(H,26,29)/t19-/m0/s1. The maximum absolute atomic E-state index is 12.8. The van der Waals surface area contributed by atoms with Crippen LogP contribution < -0.4 is 10.6 Å². The molecule has 1 aromatic heterocycles. The quantitative estimate of drug-likeness (QED) is 0.581. The lowest BCUT2D eigenvalue weighted by molar-refractivity contribution is -0.121. The maximum Gasteiger partial charge on any atom is 0.251 e. The Morgan fingerprint density at radius 2 is 1.72 bits per heavy atom. The first-order chi connectivity index (χ1) is 14.1. The Morgan fingerprint density at radius 3 is 2.45 bits per heavy atom. The van der Waals surface area contributed by atoms with Crippen molar-refractivity contribution in [1.29, 1.82) is 0 Å². The molecule has 0 radical (unpaired) electrons. The summed E-state index contributed by atoms with van der Waals surface area (Å²) in [5.41, 5.74) is 2.32. The van der Waals surface area contributed by atoms with Crippen molar-refractivity contribution in [3.05, 3.63) is 66.0 Å². The summed E-state index contributed by atoms with van der Waals surface area (Å²) >= 11 is 0. The number of carbonyl (C=O) groups is 2. The number of rotatable bonds is 9. The molecule has 0 saturated heterocycles. The van der Waals surface area contributed by atoms with Crippen molar-refractivity contribution >= 4 is 22.8 Å². The van der Waals surface area contributed by atoms with Crippen LogP contribution in [-0.4, -0.2) is 27.9 Å². The van der Waals surface area contributed by atoms with Crippen LogP contribution in [0.3, 0.4) is 0 Å². The summed E-state index contributed by atoms with van der Waals surface area (Å²) in [6.45, 7) is 4.92. The molecule has 0 aliphatic rings. The van der Waals surface area contributed by atoms with Gasteiger partial charge in [-0.15, -0.1) is 0 Å². The highest BCUT2D eigenvalue weighted by atomic mass is 16.2. The maximum atomic E-state index is 12.8. The first-order valence-corrected chi connectivity index (χ1v) is 10.2. The fourth-order valence-electron chi connectivity index (χ4n) is 3.38. The van der Waals surface area contributed by atoms with E-state index in [2.05, 4.69) is 17.6 Å². The smallest absolute Gasteiger partial charge is 0.251 e. The Morgan fingerprint density at radius 1 is 1.00 bits per heavy atom. The number of benzene rings is 2. The molecule has 152 valence electrons. The molecule has 2 aromatic carbocycles. The van der Waals surface area contributed by atoms with Gasteiger partial charge in [0.15, 0.2) is 0 Å². The number of amides is 2. The average Bonchev–Trinajstić information content (AvgIpc) is 3.11. The van der Waals surface area contributed by atoms with E-state index >= 15 is 0 Å². The average molecular weight is 393 g/mol. The van der Waals surface area contributed by atoms with Crippen LogP contribution in [-0.2, 0) is 11.3 Å². The van der Waals surface area contributed by atoms with E-state index in [1.807, 2.05) is 54.0 Å². The number of imidazole rings is 1. The van der Waals surface area contributed by atoms with E-state index in [4.69, 9.17) is 4.98 Å². The SMILES string of the molecule is CCCNC(=O)Cn1c([C@H](CCC)NC(=O)c2ccccc2)nc2ccccc21. The number of nitrogens with zero attached hydrogens (tertiary/aromatic N) is 2. The zero-order valence-electron chi connectivity index (χ0n) is 17.0. The third-order valence-corrected chi connectivity index (χ3v) is 4.79. The third kappa shape index (κ3) is 5.02. The molecule has 0 aliphatic carbocycles. The molecule has 0 aliphatic heterocycles. The lowest BCUT2D eigenvalue weighted by atomic mass is 10.1. The van der Waals surface area contributed by atoms with E-state index < -0.39 is 0 Å². The number of hydrogen-bond donors (Lipinski definition) is 2. The second kappa shape index (κ2) is 9.87. The molecule has 0 bridgehead atoms. The van der Waals surface area contributed by atoms with E-state index in [0.29, 0.717) is 17.9 Å². The largest absolute Gasteiger partial charge is 0.355 e. The Labute approximate surface area is 171 Å². The minimum absolute atomic E-state index is 0.0547.